The quantitative estimate of drug-likeness (QED) is 0.343. The average molecular weight is 386 g/mol. The van der Waals surface area contributed by atoms with E-state index < -0.39 is 0 Å². The molecule has 0 unspecified atom stereocenters. The van der Waals surface area contributed by atoms with E-state index in [1.54, 1.807) is 41.6 Å². The van der Waals surface area contributed by atoms with Gasteiger partial charge in [-0.15, -0.1) is 21.5 Å². The van der Waals surface area contributed by atoms with E-state index in [1.807, 2.05) is 19.9 Å². The van der Waals surface area contributed by atoms with Gasteiger partial charge in [0.2, 0.25) is 11.8 Å². The minimum absolute atomic E-state index is 0.211. The van der Waals surface area contributed by atoms with Gasteiger partial charge in [-0.05, 0) is 23.8 Å². The van der Waals surface area contributed by atoms with Crippen molar-refractivity contribution >= 4 is 33.3 Å². The van der Waals surface area contributed by atoms with Crippen molar-refractivity contribution in [1.29, 1.82) is 0 Å². The van der Waals surface area contributed by atoms with Gasteiger partial charge >= 0.3 is 0 Å². The molecule has 3 aromatic heterocycles. The average Bonchev–Trinajstić information content (AvgIpc) is 3.27. The van der Waals surface area contributed by atoms with Gasteiger partial charge in [0.15, 0.2) is 0 Å². The third-order valence-electron chi connectivity index (χ3n) is 3.72. The largest absolute Gasteiger partial charge is 0.424 e. The van der Waals surface area contributed by atoms with Crippen LogP contribution in [0.4, 0.5) is 4.39 Å². The van der Waals surface area contributed by atoms with E-state index in [2.05, 4.69) is 20.2 Å². The Labute approximate surface area is 157 Å². The van der Waals surface area contributed by atoms with Crippen molar-refractivity contribution in [2.75, 3.05) is 0 Å². The van der Waals surface area contributed by atoms with Crippen molar-refractivity contribution in [1.82, 2.24) is 20.2 Å². The minimum atomic E-state index is -0.244. The molecular weight excluding hydrogens is 371 g/mol. The van der Waals surface area contributed by atoms with E-state index in [0.29, 0.717) is 17.5 Å². The van der Waals surface area contributed by atoms with Crippen LogP contribution in [0.3, 0.4) is 0 Å². The molecule has 1 aromatic carbocycles. The lowest BCUT2D eigenvalue weighted by Gasteiger charge is -1.99. The van der Waals surface area contributed by atoms with Gasteiger partial charge in [0.25, 0.3) is 0 Å². The van der Waals surface area contributed by atoms with Crippen molar-refractivity contribution in [2.45, 2.75) is 30.5 Å². The molecule has 0 amide bonds. The fourth-order valence-corrected chi connectivity index (χ4v) is 4.42. The molecule has 0 aliphatic rings. The Morgan fingerprint density at radius 2 is 1.96 bits per heavy atom. The number of hydrogen-bond acceptors (Lipinski definition) is 7. The summed E-state index contributed by atoms with van der Waals surface area (Å²) in [6, 6.07) is 8.47. The number of thioether (sulfide) groups is 1. The fourth-order valence-electron chi connectivity index (χ4n) is 2.38. The predicted octanol–water partition coefficient (Wildman–Crippen LogP) is 5.30. The molecule has 5 nitrogen and oxygen atoms in total. The maximum atomic E-state index is 13.1. The molecule has 4 aromatic rings. The highest BCUT2D eigenvalue weighted by atomic mass is 32.2. The van der Waals surface area contributed by atoms with Crippen LogP contribution in [0.1, 0.15) is 31.5 Å². The first-order valence-corrected chi connectivity index (χ1v) is 9.86. The third-order valence-corrected chi connectivity index (χ3v) is 6.00. The van der Waals surface area contributed by atoms with Crippen molar-refractivity contribution in [3.63, 3.8) is 0 Å². The lowest BCUT2D eigenvalue weighted by molar-refractivity contribution is 0.445. The standard InChI is InChI=1S/C18H15FN4OS2/c1-10(2)17-23-22-15(24-17)8-25-18-16-13(20-9-21-18)7-14(26-16)11-3-5-12(19)6-4-11/h3-7,9-10H,8H2,1-2H3. The van der Waals surface area contributed by atoms with E-state index in [0.717, 1.165) is 25.7 Å². The first kappa shape index (κ1) is 17.1. The second-order valence-corrected chi connectivity index (χ2v) is 8.00. The number of nitrogens with zero attached hydrogens (tertiary/aromatic N) is 4. The Morgan fingerprint density at radius 3 is 2.69 bits per heavy atom. The maximum absolute atomic E-state index is 13.1. The van der Waals surface area contributed by atoms with Gasteiger partial charge in [-0.1, -0.05) is 37.7 Å². The van der Waals surface area contributed by atoms with Crippen LogP contribution in [-0.4, -0.2) is 20.2 Å². The molecule has 26 heavy (non-hydrogen) atoms. The van der Waals surface area contributed by atoms with Gasteiger partial charge in [-0.3, -0.25) is 0 Å². The second-order valence-electron chi connectivity index (χ2n) is 5.99. The van der Waals surface area contributed by atoms with Crippen LogP contribution >= 0.6 is 23.1 Å². The molecule has 0 bridgehead atoms. The predicted molar refractivity (Wildman–Crippen MR) is 101 cm³/mol. The van der Waals surface area contributed by atoms with E-state index in [9.17, 15) is 4.39 Å². The maximum Gasteiger partial charge on any atom is 0.226 e. The first-order valence-electron chi connectivity index (χ1n) is 8.05. The van der Waals surface area contributed by atoms with Crippen molar-refractivity contribution in [2.24, 2.45) is 0 Å². The monoisotopic (exact) mass is 386 g/mol. The highest BCUT2D eigenvalue weighted by molar-refractivity contribution is 7.98. The smallest absolute Gasteiger partial charge is 0.226 e. The molecule has 0 aliphatic carbocycles. The Hall–Kier alpha value is -2.32. The zero-order chi connectivity index (χ0) is 18.1. The van der Waals surface area contributed by atoms with E-state index in [-0.39, 0.29) is 11.7 Å². The summed E-state index contributed by atoms with van der Waals surface area (Å²) in [5.74, 6) is 1.74. The van der Waals surface area contributed by atoms with E-state index in [4.69, 9.17) is 4.42 Å². The Balaban J connectivity index is 1.59. The molecule has 0 radical (unpaired) electrons. The molecule has 0 saturated heterocycles. The highest BCUT2D eigenvalue weighted by Crippen LogP contribution is 2.37. The zero-order valence-electron chi connectivity index (χ0n) is 14.1. The van der Waals surface area contributed by atoms with Gasteiger partial charge < -0.3 is 4.42 Å². The topological polar surface area (TPSA) is 64.7 Å². The number of thiophene rings is 1. The molecular formula is C18H15FN4OS2. The summed E-state index contributed by atoms with van der Waals surface area (Å²) >= 11 is 3.14. The Morgan fingerprint density at radius 1 is 1.15 bits per heavy atom. The van der Waals surface area contributed by atoms with Crippen LogP contribution in [0.15, 0.2) is 46.1 Å². The molecule has 0 fully saturated rings. The molecule has 0 saturated carbocycles. The Bertz CT molecular complexity index is 1040. The van der Waals surface area contributed by atoms with E-state index in [1.165, 1.54) is 12.1 Å². The minimum Gasteiger partial charge on any atom is -0.424 e. The van der Waals surface area contributed by atoms with Crippen molar-refractivity contribution < 1.29 is 8.81 Å². The summed E-state index contributed by atoms with van der Waals surface area (Å²) in [6.45, 7) is 4.03. The summed E-state index contributed by atoms with van der Waals surface area (Å²) in [5.41, 5.74) is 1.84. The number of aromatic nitrogens is 4. The first-order chi connectivity index (χ1) is 12.6. The molecule has 8 heteroatoms. The normalized spacial score (nSPS) is 11.5. The Kier molecular flexibility index (Phi) is 4.69. The molecule has 0 N–H and O–H groups in total. The lowest BCUT2D eigenvalue weighted by Crippen LogP contribution is -1.85. The van der Waals surface area contributed by atoms with Gasteiger partial charge in [0, 0.05) is 10.8 Å². The number of benzene rings is 1. The fraction of sp³-hybridized carbons (Fsp3) is 0.222. The summed E-state index contributed by atoms with van der Waals surface area (Å²) < 4.78 is 19.8. The zero-order valence-corrected chi connectivity index (χ0v) is 15.8. The van der Waals surface area contributed by atoms with Gasteiger partial charge in [0.1, 0.15) is 17.2 Å². The molecule has 0 spiro atoms. The summed E-state index contributed by atoms with van der Waals surface area (Å²) in [5, 5.41) is 9.00. The van der Waals surface area contributed by atoms with Crippen LogP contribution < -0.4 is 0 Å². The van der Waals surface area contributed by atoms with Crippen LogP contribution in [0.25, 0.3) is 20.7 Å². The lowest BCUT2D eigenvalue weighted by atomic mass is 10.2. The number of rotatable bonds is 5. The molecule has 4 rings (SSSR count). The SMILES string of the molecule is CC(C)c1nnc(CSc2ncnc3cc(-c4ccc(F)cc4)sc23)o1. The molecule has 0 aliphatic heterocycles. The molecule has 3 heterocycles. The second kappa shape index (κ2) is 7.13. The van der Waals surface area contributed by atoms with Crippen LogP contribution in [0, 0.1) is 5.82 Å². The summed E-state index contributed by atoms with van der Waals surface area (Å²) in [6.07, 6.45) is 1.55. The number of hydrogen-bond donors (Lipinski definition) is 0. The van der Waals surface area contributed by atoms with Gasteiger partial charge in [0.05, 0.1) is 16.0 Å². The van der Waals surface area contributed by atoms with Crippen LogP contribution in [-0.2, 0) is 5.75 Å². The van der Waals surface area contributed by atoms with Crippen molar-refractivity contribution in [3.05, 3.63) is 54.3 Å². The van der Waals surface area contributed by atoms with Gasteiger partial charge in [-0.2, -0.15) is 0 Å². The molecule has 0 atom stereocenters. The van der Waals surface area contributed by atoms with Gasteiger partial charge in [-0.25, -0.2) is 14.4 Å². The number of halogens is 1. The summed E-state index contributed by atoms with van der Waals surface area (Å²) in [4.78, 5) is 9.78. The van der Waals surface area contributed by atoms with Crippen LogP contribution in [0.5, 0.6) is 0 Å². The molecule has 132 valence electrons. The summed E-state index contributed by atoms with van der Waals surface area (Å²) in [7, 11) is 0. The third kappa shape index (κ3) is 3.47. The highest BCUT2D eigenvalue weighted by Gasteiger charge is 2.14. The van der Waals surface area contributed by atoms with Crippen LogP contribution in [0.2, 0.25) is 0 Å². The van der Waals surface area contributed by atoms with Crippen molar-refractivity contribution in [3.8, 4) is 10.4 Å². The van der Waals surface area contributed by atoms with E-state index >= 15 is 0 Å². The number of fused-ring (bicyclic) bond motifs is 1.